The number of anilines is 2. The molecule has 1 aromatic heterocycles. The van der Waals surface area contributed by atoms with Crippen LogP contribution in [0.1, 0.15) is 18.0 Å². The Bertz CT molecular complexity index is 1100. The normalized spacial score (nSPS) is 15.0. The van der Waals surface area contributed by atoms with Crippen molar-refractivity contribution < 1.29 is 14.3 Å². The number of carbonyl (C=O) groups is 1. The summed E-state index contributed by atoms with van der Waals surface area (Å²) in [5, 5.41) is 0.704. The Labute approximate surface area is 186 Å². The Hall–Kier alpha value is -3.59. The van der Waals surface area contributed by atoms with Gasteiger partial charge in [0.15, 0.2) is 11.5 Å². The molecule has 1 amide bonds. The summed E-state index contributed by atoms with van der Waals surface area (Å²) in [5.74, 6) is 2.11. The Morgan fingerprint density at radius 1 is 1.03 bits per heavy atom. The number of aromatic nitrogens is 2. The summed E-state index contributed by atoms with van der Waals surface area (Å²) in [6.07, 6.45) is 0.283. The molecule has 1 saturated heterocycles. The van der Waals surface area contributed by atoms with Crippen molar-refractivity contribution in [3.8, 4) is 11.5 Å². The van der Waals surface area contributed by atoms with Gasteiger partial charge in [-0.15, -0.1) is 0 Å². The molecule has 0 bridgehead atoms. The van der Waals surface area contributed by atoms with Crippen molar-refractivity contribution in [2.24, 2.45) is 5.73 Å². The van der Waals surface area contributed by atoms with Gasteiger partial charge in [0.05, 0.1) is 19.7 Å². The van der Waals surface area contributed by atoms with Gasteiger partial charge < -0.3 is 30.7 Å². The smallest absolute Gasteiger partial charge is 0.228 e. The number of nitrogen functional groups attached to an aromatic ring is 1. The second kappa shape index (κ2) is 9.27. The Morgan fingerprint density at radius 3 is 2.34 bits per heavy atom. The standard InChI is InChI=1S/C23H28N6O3/c1-31-19-12-16-18(14-20(19)32-2)26-23(27-22(16)25)29-10-8-28(9-11-29)21(30)13-17(24)15-6-4-3-5-7-15/h3-7,12,14,17H,8-11,13,24H2,1-2H3,(H2,25,26,27)/t17-/m1/s1. The summed E-state index contributed by atoms with van der Waals surface area (Å²) in [6.45, 7) is 2.39. The molecule has 168 valence electrons. The van der Waals surface area contributed by atoms with E-state index in [1.165, 1.54) is 0 Å². The fourth-order valence-corrected chi connectivity index (χ4v) is 3.90. The quantitative estimate of drug-likeness (QED) is 0.602. The highest BCUT2D eigenvalue weighted by Crippen LogP contribution is 2.34. The maximum Gasteiger partial charge on any atom is 0.228 e. The average molecular weight is 437 g/mol. The maximum atomic E-state index is 12.7. The van der Waals surface area contributed by atoms with Crippen LogP contribution in [-0.2, 0) is 4.79 Å². The van der Waals surface area contributed by atoms with Crippen LogP contribution < -0.4 is 25.8 Å². The van der Waals surface area contributed by atoms with Crippen LogP contribution in [0.5, 0.6) is 11.5 Å². The fraction of sp³-hybridized carbons (Fsp3) is 0.348. The van der Waals surface area contributed by atoms with Crippen molar-refractivity contribution in [2.75, 3.05) is 51.0 Å². The number of nitrogens with two attached hydrogens (primary N) is 2. The molecule has 1 fully saturated rings. The molecule has 9 nitrogen and oxygen atoms in total. The van der Waals surface area contributed by atoms with Gasteiger partial charge in [0.25, 0.3) is 0 Å². The van der Waals surface area contributed by atoms with Gasteiger partial charge in [-0.25, -0.2) is 4.98 Å². The zero-order valence-electron chi connectivity index (χ0n) is 18.3. The topological polar surface area (TPSA) is 120 Å². The Kier molecular flexibility index (Phi) is 6.27. The van der Waals surface area contributed by atoms with Crippen molar-refractivity contribution in [3.63, 3.8) is 0 Å². The number of hydrogen-bond acceptors (Lipinski definition) is 8. The highest BCUT2D eigenvalue weighted by atomic mass is 16.5. The van der Waals surface area contributed by atoms with Crippen LogP contribution in [0, 0.1) is 0 Å². The van der Waals surface area contributed by atoms with E-state index in [0.717, 1.165) is 5.56 Å². The number of carbonyl (C=O) groups excluding carboxylic acids is 1. The first-order valence-electron chi connectivity index (χ1n) is 10.5. The molecular formula is C23H28N6O3. The molecule has 0 aliphatic carbocycles. The summed E-state index contributed by atoms with van der Waals surface area (Å²) >= 11 is 0. The summed E-state index contributed by atoms with van der Waals surface area (Å²) in [6, 6.07) is 13.0. The third kappa shape index (κ3) is 4.38. The number of ether oxygens (including phenoxy) is 2. The highest BCUT2D eigenvalue weighted by Gasteiger charge is 2.25. The molecule has 2 heterocycles. The second-order valence-corrected chi connectivity index (χ2v) is 7.72. The summed E-state index contributed by atoms with van der Waals surface area (Å²) in [5.41, 5.74) is 14.1. The number of hydrogen-bond donors (Lipinski definition) is 2. The van der Waals surface area contributed by atoms with Gasteiger partial charge in [-0.2, -0.15) is 4.98 Å². The lowest BCUT2D eigenvalue weighted by molar-refractivity contribution is -0.131. The van der Waals surface area contributed by atoms with E-state index in [1.807, 2.05) is 40.1 Å². The van der Waals surface area contributed by atoms with Gasteiger partial charge in [0.1, 0.15) is 5.82 Å². The van der Waals surface area contributed by atoms with Crippen molar-refractivity contribution in [1.82, 2.24) is 14.9 Å². The van der Waals surface area contributed by atoms with Crippen LogP contribution in [0.2, 0.25) is 0 Å². The fourth-order valence-electron chi connectivity index (χ4n) is 3.90. The Morgan fingerprint density at radius 2 is 1.69 bits per heavy atom. The van der Waals surface area contributed by atoms with E-state index in [0.29, 0.717) is 60.3 Å². The van der Waals surface area contributed by atoms with Crippen LogP contribution in [0.4, 0.5) is 11.8 Å². The number of nitrogens with zero attached hydrogens (tertiary/aromatic N) is 4. The number of piperazine rings is 1. The highest BCUT2D eigenvalue weighted by molar-refractivity contribution is 5.91. The largest absolute Gasteiger partial charge is 0.493 e. The molecule has 4 N–H and O–H groups in total. The number of rotatable bonds is 6. The molecule has 0 saturated carbocycles. The van der Waals surface area contributed by atoms with Gasteiger partial charge >= 0.3 is 0 Å². The van der Waals surface area contributed by atoms with E-state index in [-0.39, 0.29) is 18.4 Å². The monoisotopic (exact) mass is 436 g/mol. The van der Waals surface area contributed by atoms with E-state index in [2.05, 4.69) is 9.97 Å². The molecular weight excluding hydrogens is 408 g/mol. The zero-order chi connectivity index (χ0) is 22.7. The summed E-state index contributed by atoms with van der Waals surface area (Å²) in [4.78, 5) is 25.8. The van der Waals surface area contributed by atoms with E-state index < -0.39 is 0 Å². The number of amides is 1. The minimum Gasteiger partial charge on any atom is -0.493 e. The molecule has 0 unspecified atom stereocenters. The minimum atomic E-state index is -0.308. The molecule has 0 spiro atoms. The molecule has 4 rings (SSSR count). The van der Waals surface area contributed by atoms with Gasteiger partial charge in [-0.3, -0.25) is 4.79 Å². The number of fused-ring (bicyclic) bond motifs is 1. The van der Waals surface area contributed by atoms with Crippen LogP contribution in [0.25, 0.3) is 10.9 Å². The predicted molar refractivity (Wildman–Crippen MR) is 124 cm³/mol. The third-order valence-electron chi connectivity index (χ3n) is 5.76. The third-order valence-corrected chi connectivity index (χ3v) is 5.76. The molecule has 2 aromatic carbocycles. The van der Waals surface area contributed by atoms with Gasteiger partial charge in [-0.1, -0.05) is 30.3 Å². The van der Waals surface area contributed by atoms with Crippen LogP contribution in [-0.4, -0.2) is 61.2 Å². The molecule has 9 heteroatoms. The first-order valence-corrected chi connectivity index (χ1v) is 10.5. The van der Waals surface area contributed by atoms with E-state index in [1.54, 1.807) is 26.4 Å². The van der Waals surface area contributed by atoms with Crippen LogP contribution in [0.3, 0.4) is 0 Å². The lowest BCUT2D eigenvalue weighted by atomic mass is 10.0. The number of benzene rings is 2. The predicted octanol–water partition coefficient (Wildman–Crippen LogP) is 1.97. The zero-order valence-corrected chi connectivity index (χ0v) is 18.3. The maximum absolute atomic E-state index is 12.7. The van der Waals surface area contributed by atoms with Gasteiger partial charge in [0, 0.05) is 50.1 Å². The average Bonchev–Trinajstić information content (AvgIpc) is 2.83. The molecule has 0 radical (unpaired) electrons. The first-order chi connectivity index (χ1) is 15.5. The van der Waals surface area contributed by atoms with Crippen molar-refractivity contribution >= 4 is 28.6 Å². The molecule has 32 heavy (non-hydrogen) atoms. The lowest BCUT2D eigenvalue weighted by Gasteiger charge is -2.35. The SMILES string of the molecule is COc1cc2nc(N3CCN(C(=O)C[C@@H](N)c4ccccc4)CC3)nc(N)c2cc1OC. The van der Waals surface area contributed by atoms with E-state index in [9.17, 15) is 4.79 Å². The van der Waals surface area contributed by atoms with Crippen molar-refractivity contribution in [2.45, 2.75) is 12.5 Å². The summed E-state index contributed by atoms with van der Waals surface area (Å²) in [7, 11) is 3.15. The molecule has 3 aromatic rings. The van der Waals surface area contributed by atoms with Crippen LogP contribution in [0.15, 0.2) is 42.5 Å². The number of methoxy groups -OCH3 is 2. The van der Waals surface area contributed by atoms with Gasteiger partial charge in [0.2, 0.25) is 11.9 Å². The molecule has 1 aliphatic heterocycles. The van der Waals surface area contributed by atoms with Gasteiger partial charge in [-0.05, 0) is 11.6 Å². The Balaban J connectivity index is 1.44. The van der Waals surface area contributed by atoms with Crippen molar-refractivity contribution in [3.05, 3.63) is 48.0 Å². The van der Waals surface area contributed by atoms with E-state index in [4.69, 9.17) is 20.9 Å². The molecule has 1 aliphatic rings. The second-order valence-electron chi connectivity index (χ2n) is 7.72. The van der Waals surface area contributed by atoms with Crippen molar-refractivity contribution in [1.29, 1.82) is 0 Å². The minimum absolute atomic E-state index is 0.0526. The summed E-state index contributed by atoms with van der Waals surface area (Å²) < 4.78 is 10.7. The lowest BCUT2D eigenvalue weighted by Crippen LogP contribution is -2.49. The van der Waals surface area contributed by atoms with E-state index >= 15 is 0 Å². The van der Waals surface area contributed by atoms with Crippen LogP contribution >= 0.6 is 0 Å². The molecule has 1 atom stereocenters. The first kappa shape index (κ1) is 21.6.